The van der Waals surface area contributed by atoms with E-state index in [0.29, 0.717) is 13.0 Å². The molecule has 0 bridgehead atoms. The highest BCUT2D eigenvalue weighted by Crippen LogP contribution is 2.35. The Morgan fingerprint density at radius 3 is 2.44 bits per heavy atom. The van der Waals surface area contributed by atoms with Crippen LogP contribution in [0.4, 0.5) is 0 Å². The van der Waals surface area contributed by atoms with Gasteiger partial charge in [0.1, 0.15) is 5.75 Å². The van der Waals surface area contributed by atoms with Crippen molar-refractivity contribution in [2.45, 2.75) is 25.2 Å². The number of hydrogen-bond acceptors (Lipinski definition) is 3. The number of methoxy groups -OCH3 is 1. The van der Waals surface area contributed by atoms with E-state index in [2.05, 4.69) is 0 Å². The lowest BCUT2D eigenvalue weighted by molar-refractivity contribution is -0.141. The summed E-state index contributed by atoms with van der Waals surface area (Å²) in [5.41, 5.74) is 1.96. The van der Waals surface area contributed by atoms with E-state index in [9.17, 15) is 14.7 Å². The van der Waals surface area contributed by atoms with Gasteiger partial charge in [-0.05, 0) is 23.1 Å². The minimum absolute atomic E-state index is 0.00676. The number of likely N-dealkylation sites (tertiary alicyclic amines) is 1. The number of rotatable bonds is 6. The molecule has 2 aromatic carbocycles. The first-order valence-corrected chi connectivity index (χ1v) is 9.19. The van der Waals surface area contributed by atoms with Crippen LogP contribution < -0.4 is 4.74 Å². The summed E-state index contributed by atoms with van der Waals surface area (Å²) in [5.74, 6) is -0.848. The van der Waals surface area contributed by atoms with Crippen LogP contribution in [-0.4, -0.2) is 42.1 Å². The smallest absolute Gasteiger partial charge is 0.308 e. The summed E-state index contributed by atoms with van der Waals surface area (Å²) in [6.45, 7) is 2.69. The summed E-state index contributed by atoms with van der Waals surface area (Å²) in [4.78, 5) is 26.3. The summed E-state index contributed by atoms with van der Waals surface area (Å²) < 4.78 is 5.39. The van der Waals surface area contributed by atoms with E-state index >= 15 is 0 Å². The second-order valence-electron chi connectivity index (χ2n) is 7.11. The fourth-order valence-electron chi connectivity index (χ4n) is 3.87. The van der Waals surface area contributed by atoms with Gasteiger partial charge in [0.15, 0.2) is 0 Å². The van der Waals surface area contributed by atoms with Crippen molar-refractivity contribution in [1.82, 2.24) is 4.90 Å². The molecule has 1 heterocycles. The Hall–Kier alpha value is -2.82. The summed E-state index contributed by atoms with van der Waals surface area (Å²) in [6.07, 6.45) is 0.328. The number of carboxylic acid groups (broad SMARTS) is 1. The Bertz CT molecular complexity index is 805. The number of aliphatic carboxylic acids is 1. The van der Waals surface area contributed by atoms with Crippen LogP contribution in [0.5, 0.6) is 5.75 Å². The lowest BCUT2D eigenvalue weighted by Gasteiger charge is -2.20. The molecular weight excluding hydrogens is 342 g/mol. The number of para-hydroxylation sites is 1. The van der Waals surface area contributed by atoms with E-state index in [1.807, 2.05) is 61.5 Å². The molecule has 3 atom stereocenters. The molecule has 5 heteroatoms. The second-order valence-corrected chi connectivity index (χ2v) is 7.11. The second kappa shape index (κ2) is 8.25. The maximum Gasteiger partial charge on any atom is 0.308 e. The van der Waals surface area contributed by atoms with Gasteiger partial charge in [-0.2, -0.15) is 0 Å². The lowest BCUT2D eigenvalue weighted by Crippen LogP contribution is -2.30. The predicted molar refractivity (Wildman–Crippen MR) is 103 cm³/mol. The van der Waals surface area contributed by atoms with Crippen molar-refractivity contribution >= 4 is 11.9 Å². The highest BCUT2D eigenvalue weighted by Gasteiger charge is 2.40. The molecular formula is C22H25NO4. The maximum atomic E-state index is 12.9. The van der Waals surface area contributed by atoms with Gasteiger partial charge in [-0.15, -0.1) is 0 Å². The third-order valence-electron chi connectivity index (χ3n) is 5.37. The van der Waals surface area contributed by atoms with E-state index < -0.39 is 11.9 Å². The molecule has 1 aliphatic rings. The number of amides is 1. The molecule has 5 nitrogen and oxygen atoms in total. The van der Waals surface area contributed by atoms with E-state index in [1.54, 1.807) is 12.0 Å². The minimum Gasteiger partial charge on any atom is -0.496 e. The molecule has 142 valence electrons. The molecule has 0 aromatic heterocycles. The summed E-state index contributed by atoms with van der Waals surface area (Å²) in [5, 5.41) is 9.62. The van der Waals surface area contributed by atoms with Crippen molar-refractivity contribution in [1.29, 1.82) is 0 Å². The van der Waals surface area contributed by atoms with Crippen LogP contribution in [-0.2, 0) is 9.59 Å². The highest BCUT2D eigenvalue weighted by molar-refractivity contribution is 5.80. The molecule has 1 fully saturated rings. The number of nitrogens with zero attached hydrogens (tertiary/aromatic N) is 1. The summed E-state index contributed by atoms with van der Waals surface area (Å²) in [7, 11) is 1.62. The molecule has 1 aliphatic heterocycles. The van der Waals surface area contributed by atoms with Crippen LogP contribution in [0.2, 0.25) is 0 Å². The van der Waals surface area contributed by atoms with Crippen LogP contribution in [0.25, 0.3) is 0 Å². The van der Waals surface area contributed by atoms with Crippen LogP contribution in [0, 0.1) is 5.92 Å². The first-order valence-electron chi connectivity index (χ1n) is 9.19. The molecule has 1 amide bonds. The molecule has 3 unspecified atom stereocenters. The fourth-order valence-corrected chi connectivity index (χ4v) is 3.87. The molecule has 0 radical (unpaired) electrons. The Morgan fingerprint density at radius 1 is 1.11 bits per heavy atom. The average molecular weight is 367 g/mol. The number of hydrogen-bond donors (Lipinski definition) is 1. The van der Waals surface area contributed by atoms with Gasteiger partial charge in [-0.25, -0.2) is 0 Å². The highest BCUT2D eigenvalue weighted by atomic mass is 16.5. The SMILES string of the molecule is COc1ccccc1C(C)CC(=O)N1CC(C(=O)O)C(c2ccccc2)C1. The Morgan fingerprint density at radius 2 is 1.78 bits per heavy atom. The molecule has 27 heavy (non-hydrogen) atoms. The van der Waals surface area contributed by atoms with Gasteiger partial charge >= 0.3 is 5.97 Å². The van der Waals surface area contributed by atoms with Crippen molar-refractivity contribution in [2.75, 3.05) is 20.2 Å². The minimum atomic E-state index is -0.850. The van der Waals surface area contributed by atoms with Crippen molar-refractivity contribution in [2.24, 2.45) is 5.92 Å². The molecule has 1 saturated heterocycles. The van der Waals surface area contributed by atoms with Gasteiger partial charge in [-0.1, -0.05) is 55.5 Å². The first-order chi connectivity index (χ1) is 13.0. The van der Waals surface area contributed by atoms with Crippen molar-refractivity contribution in [3.8, 4) is 5.75 Å². The van der Waals surface area contributed by atoms with Gasteiger partial charge < -0.3 is 14.7 Å². The van der Waals surface area contributed by atoms with Crippen LogP contribution >= 0.6 is 0 Å². The molecule has 0 saturated carbocycles. The monoisotopic (exact) mass is 367 g/mol. The molecule has 0 spiro atoms. The molecule has 2 aromatic rings. The van der Waals surface area contributed by atoms with Gasteiger partial charge in [-0.3, -0.25) is 9.59 Å². The van der Waals surface area contributed by atoms with Gasteiger partial charge in [0.2, 0.25) is 5.91 Å². The third-order valence-corrected chi connectivity index (χ3v) is 5.37. The summed E-state index contributed by atoms with van der Waals surface area (Å²) >= 11 is 0. The normalized spacial score (nSPS) is 20.3. The van der Waals surface area contributed by atoms with Crippen LogP contribution in [0.1, 0.15) is 36.3 Å². The zero-order valence-corrected chi connectivity index (χ0v) is 15.7. The van der Waals surface area contributed by atoms with Crippen molar-refractivity contribution in [3.63, 3.8) is 0 Å². The topological polar surface area (TPSA) is 66.8 Å². The standard InChI is InChI=1S/C22H25NO4/c1-15(17-10-6-7-11-20(17)27-2)12-21(24)23-13-18(19(14-23)22(25)26)16-8-4-3-5-9-16/h3-11,15,18-19H,12-14H2,1-2H3,(H,25,26). The van der Waals surface area contributed by atoms with Crippen molar-refractivity contribution in [3.05, 3.63) is 65.7 Å². The van der Waals surface area contributed by atoms with E-state index in [1.165, 1.54) is 0 Å². The maximum absolute atomic E-state index is 12.9. The van der Waals surface area contributed by atoms with Gasteiger partial charge in [0, 0.05) is 25.4 Å². The zero-order chi connectivity index (χ0) is 19.4. The molecule has 0 aliphatic carbocycles. The van der Waals surface area contributed by atoms with E-state index in [-0.39, 0.29) is 24.3 Å². The van der Waals surface area contributed by atoms with Crippen molar-refractivity contribution < 1.29 is 19.4 Å². The van der Waals surface area contributed by atoms with Gasteiger partial charge in [0.05, 0.1) is 13.0 Å². The Balaban J connectivity index is 1.72. The number of ether oxygens (including phenoxy) is 1. The lowest BCUT2D eigenvalue weighted by atomic mass is 9.89. The zero-order valence-electron chi connectivity index (χ0n) is 15.7. The third kappa shape index (κ3) is 4.13. The molecule has 3 rings (SSSR count). The predicted octanol–water partition coefficient (Wildman–Crippen LogP) is 3.52. The average Bonchev–Trinajstić information content (AvgIpc) is 3.14. The Kier molecular flexibility index (Phi) is 5.79. The fraction of sp³-hybridized carbons (Fsp3) is 0.364. The van der Waals surface area contributed by atoms with Gasteiger partial charge in [0.25, 0.3) is 0 Å². The first kappa shape index (κ1) is 19.0. The van der Waals surface area contributed by atoms with E-state index in [4.69, 9.17) is 4.74 Å². The largest absolute Gasteiger partial charge is 0.496 e. The Labute approximate surface area is 159 Å². The summed E-state index contributed by atoms with van der Waals surface area (Å²) in [6, 6.07) is 17.3. The van der Waals surface area contributed by atoms with Crippen LogP contribution in [0.15, 0.2) is 54.6 Å². The number of carbonyl (C=O) groups excluding carboxylic acids is 1. The molecule has 1 N–H and O–H groups in total. The number of carbonyl (C=O) groups is 2. The van der Waals surface area contributed by atoms with Crippen LogP contribution in [0.3, 0.4) is 0 Å². The quantitative estimate of drug-likeness (QED) is 0.848. The number of benzene rings is 2. The van der Waals surface area contributed by atoms with E-state index in [0.717, 1.165) is 16.9 Å². The number of carboxylic acids is 1.